The van der Waals surface area contributed by atoms with Gasteiger partial charge in [-0.2, -0.15) is 0 Å². The first-order valence-corrected chi connectivity index (χ1v) is 11.9. The fraction of sp³-hybridized carbons (Fsp3) is 0.227. The molecule has 10 heteroatoms. The summed E-state index contributed by atoms with van der Waals surface area (Å²) in [5.41, 5.74) is 1.48. The maximum absolute atomic E-state index is 12.8. The number of carbonyl (C=O) groups is 1. The van der Waals surface area contributed by atoms with Gasteiger partial charge in [0.05, 0.1) is 21.8 Å². The van der Waals surface area contributed by atoms with Gasteiger partial charge in [0.15, 0.2) is 5.69 Å². The molecule has 8 nitrogen and oxygen atoms in total. The summed E-state index contributed by atoms with van der Waals surface area (Å²) in [4.78, 5) is 23.4. The van der Waals surface area contributed by atoms with Gasteiger partial charge in [-0.25, -0.2) is 18.4 Å². The van der Waals surface area contributed by atoms with Crippen LogP contribution >= 0.6 is 11.6 Å². The zero-order chi connectivity index (χ0) is 23.3. The Labute approximate surface area is 192 Å². The molecular weight excluding hydrogens is 450 g/mol. The van der Waals surface area contributed by atoms with Gasteiger partial charge in [-0.1, -0.05) is 35.9 Å². The first kappa shape index (κ1) is 23.5. The van der Waals surface area contributed by atoms with Gasteiger partial charge < -0.3 is 10.2 Å². The number of carbonyl (C=O) groups excluding carboxylic acids is 1. The van der Waals surface area contributed by atoms with Crippen LogP contribution in [0.3, 0.4) is 0 Å². The number of amides is 1. The molecule has 0 aliphatic rings. The lowest BCUT2D eigenvalue weighted by Gasteiger charge is -2.19. The number of nitrogens with zero attached hydrogens (tertiary/aromatic N) is 3. The lowest BCUT2D eigenvalue weighted by molar-refractivity contribution is 0.102. The van der Waals surface area contributed by atoms with Crippen LogP contribution < -0.4 is 14.9 Å². The molecule has 3 rings (SSSR count). The maximum Gasteiger partial charge on any atom is 0.276 e. The van der Waals surface area contributed by atoms with Crippen molar-refractivity contribution in [3.05, 3.63) is 71.0 Å². The predicted octanol–water partition coefficient (Wildman–Crippen LogP) is 4.34. The first-order chi connectivity index (χ1) is 15.2. The number of sulfonamides is 1. The Kier molecular flexibility index (Phi) is 7.32. The molecule has 0 aliphatic carbocycles. The normalized spacial score (nSPS) is 11.1. The molecule has 0 spiro atoms. The number of aromatic nitrogens is 2. The number of anilines is 3. The quantitative estimate of drug-likeness (QED) is 0.504. The third kappa shape index (κ3) is 5.35. The van der Waals surface area contributed by atoms with E-state index in [2.05, 4.69) is 20.0 Å². The van der Waals surface area contributed by atoms with Gasteiger partial charge in [0.1, 0.15) is 0 Å². The van der Waals surface area contributed by atoms with Crippen LogP contribution in [0.5, 0.6) is 0 Å². The number of benzene rings is 2. The van der Waals surface area contributed by atoms with Crippen LogP contribution in [0, 0.1) is 6.92 Å². The third-order valence-electron chi connectivity index (χ3n) is 4.79. The minimum atomic E-state index is -3.77. The van der Waals surface area contributed by atoms with Crippen molar-refractivity contribution in [2.75, 3.05) is 28.0 Å². The van der Waals surface area contributed by atoms with Crippen LogP contribution in [0.25, 0.3) is 0 Å². The van der Waals surface area contributed by atoms with Crippen molar-refractivity contribution in [2.45, 2.75) is 25.7 Å². The summed E-state index contributed by atoms with van der Waals surface area (Å²) in [5, 5.41) is 2.85. The topological polar surface area (TPSA) is 104 Å². The van der Waals surface area contributed by atoms with Crippen molar-refractivity contribution < 1.29 is 13.2 Å². The molecule has 0 saturated carbocycles. The molecule has 0 aliphatic heterocycles. The Morgan fingerprint density at radius 3 is 2.44 bits per heavy atom. The summed E-state index contributed by atoms with van der Waals surface area (Å²) < 4.78 is 27.9. The lowest BCUT2D eigenvalue weighted by Crippen LogP contribution is -2.25. The van der Waals surface area contributed by atoms with Gasteiger partial charge >= 0.3 is 0 Å². The van der Waals surface area contributed by atoms with Crippen molar-refractivity contribution in [3.63, 3.8) is 0 Å². The van der Waals surface area contributed by atoms with Gasteiger partial charge in [-0.3, -0.25) is 9.52 Å². The molecule has 168 valence electrons. The Morgan fingerprint density at radius 1 is 1.09 bits per heavy atom. The molecule has 0 fully saturated rings. The van der Waals surface area contributed by atoms with E-state index in [-0.39, 0.29) is 15.6 Å². The number of aryl methyl sites for hydroxylation is 1. The summed E-state index contributed by atoms with van der Waals surface area (Å²) >= 11 is 6.16. The van der Waals surface area contributed by atoms with Crippen molar-refractivity contribution in [3.8, 4) is 0 Å². The van der Waals surface area contributed by atoms with Crippen molar-refractivity contribution in [1.29, 1.82) is 0 Å². The number of nitrogens with one attached hydrogen (secondary N) is 2. The molecule has 32 heavy (non-hydrogen) atoms. The number of hydrogen-bond donors (Lipinski definition) is 2. The summed E-state index contributed by atoms with van der Waals surface area (Å²) in [6.07, 6.45) is 1.39. The highest BCUT2D eigenvalue weighted by Crippen LogP contribution is 2.25. The summed E-state index contributed by atoms with van der Waals surface area (Å²) in [5.74, 6) is -0.115. The average Bonchev–Trinajstić information content (AvgIpc) is 2.78. The minimum Gasteiger partial charge on any atom is -0.341 e. The van der Waals surface area contributed by atoms with Gasteiger partial charge in [-0.05, 0) is 50.6 Å². The van der Waals surface area contributed by atoms with Crippen LogP contribution in [0.1, 0.15) is 29.9 Å². The molecule has 0 atom stereocenters. The van der Waals surface area contributed by atoms with Crippen molar-refractivity contribution in [1.82, 2.24) is 9.97 Å². The Balaban J connectivity index is 1.85. The fourth-order valence-corrected chi connectivity index (χ4v) is 4.30. The van der Waals surface area contributed by atoms with E-state index in [1.807, 2.05) is 18.7 Å². The Bertz CT molecular complexity index is 1220. The zero-order valence-electron chi connectivity index (χ0n) is 18.0. The molecule has 3 aromatic rings. The molecule has 0 unspecified atom stereocenters. The van der Waals surface area contributed by atoms with Crippen LogP contribution in [0.4, 0.5) is 17.3 Å². The minimum absolute atomic E-state index is 0.0376. The predicted molar refractivity (Wildman–Crippen MR) is 127 cm³/mol. The average molecular weight is 474 g/mol. The Morgan fingerprint density at radius 2 is 1.78 bits per heavy atom. The van der Waals surface area contributed by atoms with Gasteiger partial charge in [0.25, 0.3) is 15.9 Å². The Hall–Kier alpha value is -3.17. The van der Waals surface area contributed by atoms with E-state index >= 15 is 0 Å². The van der Waals surface area contributed by atoms with E-state index in [0.29, 0.717) is 36.0 Å². The van der Waals surface area contributed by atoms with E-state index < -0.39 is 15.9 Å². The summed E-state index contributed by atoms with van der Waals surface area (Å²) in [6.45, 7) is 7.06. The summed E-state index contributed by atoms with van der Waals surface area (Å²) in [6, 6.07) is 13.0. The smallest absolute Gasteiger partial charge is 0.276 e. The second-order valence-electron chi connectivity index (χ2n) is 6.94. The molecule has 2 aromatic carbocycles. The zero-order valence-corrected chi connectivity index (χ0v) is 19.5. The number of halogens is 1. The largest absolute Gasteiger partial charge is 0.341 e. The summed E-state index contributed by atoms with van der Waals surface area (Å²) in [7, 11) is -3.77. The molecule has 1 heterocycles. The van der Waals surface area contributed by atoms with E-state index in [4.69, 9.17) is 11.6 Å². The second kappa shape index (κ2) is 9.97. The second-order valence-corrected chi connectivity index (χ2v) is 9.03. The fourth-order valence-electron chi connectivity index (χ4n) is 2.98. The highest BCUT2D eigenvalue weighted by Gasteiger charge is 2.18. The van der Waals surface area contributed by atoms with Gasteiger partial charge in [0, 0.05) is 18.8 Å². The van der Waals surface area contributed by atoms with Crippen molar-refractivity contribution in [2.24, 2.45) is 0 Å². The maximum atomic E-state index is 12.8. The molecule has 1 amide bonds. The SMILES string of the molecule is CCN(CC)c1ncc(Cl)c(C(=O)Nc2ccc(C)c(NS(=O)(=O)c3ccccc3)c2)n1. The molecule has 1 aromatic heterocycles. The molecular formula is C22H24ClN5O3S. The first-order valence-electron chi connectivity index (χ1n) is 10.0. The number of rotatable bonds is 8. The highest BCUT2D eigenvalue weighted by atomic mass is 35.5. The standard InChI is InChI=1S/C22H24ClN5O3S/c1-4-28(5-2)22-24-14-18(23)20(26-22)21(29)25-16-12-11-15(3)19(13-16)27-32(30,31)17-9-7-6-8-10-17/h6-14,27H,4-5H2,1-3H3,(H,25,29). The van der Waals surface area contributed by atoms with E-state index in [9.17, 15) is 13.2 Å². The van der Waals surface area contributed by atoms with Crippen LogP contribution in [-0.2, 0) is 10.0 Å². The van der Waals surface area contributed by atoms with Gasteiger partial charge in [0.2, 0.25) is 5.95 Å². The molecule has 0 bridgehead atoms. The van der Waals surface area contributed by atoms with E-state index in [1.165, 1.54) is 18.3 Å². The highest BCUT2D eigenvalue weighted by molar-refractivity contribution is 7.92. The lowest BCUT2D eigenvalue weighted by atomic mass is 10.2. The van der Waals surface area contributed by atoms with E-state index in [1.54, 1.807) is 43.3 Å². The van der Waals surface area contributed by atoms with Crippen LogP contribution in [0.2, 0.25) is 5.02 Å². The van der Waals surface area contributed by atoms with E-state index in [0.717, 1.165) is 0 Å². The number of hydrogen-bond acceptors (Lipinski definition) is 6. The van der Waals surface area contributed by atoms with Crippen LogP contribution in [-0.4, -0.2) is 37.4 Å². The van der Waals surface area contributed by atoms with Crippen LogP contribution in [0.15, 0.2) is 59.6 Å². The molecule has 0 saturated heterocycles. The van der Waals surface area contributed by atoms with Crippen molar-refractivity contribution >= 4 is 44.9 Å². The van der Waals surface area contributed by atoms with Gasteiger partial charge in [-0.15, -0.1) is 0 Å². The molecule has 2 N–H and O–H groups in total. The third-order valence-corrected chi connectivity index (χ3v) is 6.44. The molecule has 0 radical (unpaired) electrons. The monoisotopic (exact) mass is 473 g/mol.